The number of sulfonamides is 1. The highest BCUT2D eigenvalue weighted by atomic mass is 35.5. The van der Waals surface area contributed by atoms with E-state index < -0.39 is 27.3 Å². The first-order valence-corrected chi connectivity index (χ1v) is 11.0. The van der Waals surface area contributed by atoms with Gasteiger partial charge in [0, 0.05) is 32.9 Å². The number of halogens is 2. The van der Waals surface area contributed by atoms with Crippen molar-refractivity contribution in [1.29, 1.82) is 0 Å². The first kappa shape index (κ1) is 23.8. The molecule has 0 radical (unpaired) electrons. The van der Waals surface area contributed by atoms with Gasteiger partial charge in [0.25, 0.3) is 11.8 Å². The minimum absolute atomic E-state index is 0.116. The normalized spacial score (nSPS) is 11.4. The summed E-state index contributed by atoms with van der Waals surface area (Å²) < 4.78 is 40.8. The molecule has 0 saturated carbocycles. The number of amides is 2. The topological polar surface area (TPSA) is 86.8 Å². The van der Waals surface area contributed by atoms with Crippen LogP contribution in [0.3, 0.4) is 0 Å². The maximum atomic E-state index is 14.3. The third kappa shape index (κ3) is 4.97. The maximum absolute atomic E-state index is 14.3. The van der Waals surface area contributed by atoms with E-state index in [2.05, 4.69) is 5.32 Å². The summed E-state index contributed by atoms with van der Waals surface area (Å²) in [6.45, 7) is 3.86. The summed E-state index contributed by atoms with van der Waals surface area (Å²) in [5.74, 6) is -2.01. The van der Waals surface area contributed by atoms with E-state index >= 15 is 0 Å². The summed E-state index contributed by atoms with van der Waals surface area (Å²) in [4.78, 5) is 25.8. The summed E-state index contributed by atoms with van der Waals surface area (Å²) in [5, 5.41) is 2.59. The Kier molecular flexibility index (Phi) is 7.57. The van der Waals surface area contributed by atoms with Crippen molar-refractivity contribution in [2.45, 2.75) is 18.7 Å². The molecule has 10 heteroatoms. The van der Waals surface area contributed by atoms with Crippen LogP contribution in [0.4, 0.5) is 10.1 Å². The summed E-state index contributed by atoms with van der Waals surface area (Å²) >= 11 is 6.12. The predicted octanol–water partition coefficient (Wildman–Crippen LogP) is 3.46. The zero-order valence-electron chi connectivity index (χ0n) is 17.1. The Bertz CT molecular complexity index is 1070. The van der Waals surface area contributed by atoms with Crippen LogP contribution in [-0.4, -0.2) is 56.6 Å². The van der Waals surface area contributed by atoms with Gasteiger partial charge in [0.1, 0.15) is 5.82 Å². The van der Waals surface area contributed by atoms with Crippen molar-refractivity contribution < 1.29 is 22.4 Å². The Hall–Kier alpha value is -2.49. The Balaban J connectivity index is 2.34. The molecule has 162 valence electrons. The van der Waals surface area contributed by atoms with Crippen LogP contribution in [0.2, 0.25) is 5.02 Å². The lowest BCUT2D eigenvalue weighted by Gasteiger charge is -2.19. The third-order valence-corrected chi connectivity index (χ3v) is 6.75. The number of nitrogens with one attached hydrogen (secondary N) is 1. The predicted molar refractivity (Wildman–Crippen MR) is 114 cm³/mol. The Morgan fingerprint density at radius 1 is 1.03 bits per heavy atom. The van der Waals surface area contributed by atoms with Gasteiger partial charge < -0.3 is 10.2 Å². The molecule has 2 aromatic rings. The molecule has 0 aliphatic carbocycles. The quantitative estimate of drug-likeness (QED) is 0.692. The summed E-state index contributed by atoms with van der Waals surface area (Å²) in [6, 6.07) is 7.33. The largest absolute Gasteiger partial charge is 0.345 e. The molecule has 0 saturated heterocycles. The molecule has 0 aliphatic rings. The van der Waals surface area contributed by atoms with E-state index in [1.165, 1.54) is 27.4 Å². The lowest BCUT2D eigenvalue weighted by atomic mass is 10.1. The van der Waals surface area contributed by atoms with Crippen LogP contribution in [0, 0.1) is 5.82 Å². The fourth-order valence-electron chi connectivity index (χ4n) is 2.76. The average Bonchev–Trinajstić information content (AvgIpc) is 2.68. The summed E-state index contributed by atoms with van der Waals surface area (Å²) in [5.41, 5.74) is 0.0580. The van der Waals surface area contributed by atoms with E-state index in [1.807, 2.05) is 0 Å². The van der Waals surface area contributed by atoms with Crippen LogP contribution in [0.5, 0.6) is 0 Å². The van der Waals surface area contributed by atoms with Crippen molar-refractivity contribution >= 4 is 39.1 Å². The number of hydrogen-bond donors (Lipinski definition) is 1. The molecule has 30 heavy (non-hydrogen) atoms. The molecule has 7 nitrogen and oxygen atoms in total. The van der Waals surface area contributed by atoms with E-state index in [-0.39, 0.29) is 40.2 Å². The smallest absolute Gasteiger partial charge is 0.258 e. The molecule has 2 amide bonds. The second-order valence-corrected chi connectivity index (χ2v) is 8.92. The molecule has 0 spiro atoms. The highest BCUT2D eigenvalue weighted by molar-refractivity contribution is 7.89. The number of hydrogen-bond acceptors (Lipinski definition) is 4. The van der Waals surface area contributed by atoms with Crippen LogP contribution in [0.25, 0.3) is 0 Å². The molecule has 0 unspecified atom stereocenters. The SMILES string of the molecule is CCN(CC)S(=O)(=O)c1ccc(F)c(C(=O)Nc2ccc(C(=O)N(C)C)c(Cl)c2)c1. The van der Waals surface area contributed by atoms with Gasteiger partial charge in [-0.05, 0) is 36.4 Å². The van der Waals surface area contributed by atoms with Crippen molar-refractivity contribution in [3.05, 3.63) is 58.4 Å². The van der Waals surface area contributed by atoms with Crippen molar-refractivity contribution in [2.24, 2.45) is 0 Å². The summed E-state index contributed by atoms with van der Waals surface area (Å²) in [6.07, 6.45) is 0. The zero-order valence-corrected chi connectivity index (χ0v) is 18.6. The number of rotatable bonds is 7. The van der Waals surface area contributed by atoms with Crippen molar-refractivity contribution in [3.63, 3.8) is 0 Å². The molecule has 1 N–H and O–H groups in total. The van der Waals surface area contributed by atoms with Crippen LogP contribution in [-0.2, 0) is 10.0 Å². The number of nitrogens with zero attached hydrogens (tertiary/aromatic N) is 2. The molecule has 0 bridgehead atoms. The lowest BCUT2D eigenvalue weighted by Crippen LogP contribution is -2.31. The monoisotopic (exact) mass is 455 g/mol. The van der Waals surface area contributed by atoms with Gasteiger partial charge in [0.05, 0.1) is 21.0 Å². The highest BCUT2D eigenvalue weighted by Gasteiger charge is 2.24. The number of carbonyl (C=O) groups is 2. The van der Waals surface area contributed by atoms with E-state index in [0.717, 1.165) is 18.2 Å². The molecular formula is C20H23ClFN3O4S. The van der Waals surface area contributed by atoms with Crippen molar-refractivity contribution in [3.8, 4) is 0 Å². The highest BCUT2D eigenvalue weighted by Crippen LogP contribution is 2.24. The van der Waals surface area contributed by atoms with Gasteiger partial charge in [0.15, 0.2) is 0 Å². The van der Waals surface area contributed by atoms with Gasteiger partial charge in [-0.1, -0.05) is 25.4 Å². The fraction of sp³-hybridized carbons (Fsp3) is 0.300. The molecule has 0 heterocycles. The summed E-state index contributed by atoms with van der Waals surface area (Å²) in [7, 11) is -0.694. The Morgan fingerprint density at radius 2 is 1.67 bits per heavy atom. The van der Waals surface area contributed by atoms with E-state index in [4.69, 9.17) is 11.6 Å². The van der Waals surface area contributed by atoms with Gasteiger partial charge in [-0.2, -0.15) is 4.31 Å². The Morgan fingerprint density at radius 3 is 2.20 bits per heavy atom. The number of anilines is 1. The van der Waals surface area contributed by atoms with E-state index in [1.54, 1.807) is 27.9 Å². The second-order valence-electron chi connectivity index (χ2n) is 6.58. The van der Waals surface area contributed by atoms with Gasteiger partial charge in [-0.3, -0.25) is 9.59 Å². The van der Waals surface area contributed by atoms with Gasteiger partial charge in [-0.15, -0.1) is 0 Å². The van der Waals surface area contributed by atoms with Crippen LogP contribution in [0.1, 0.15) is 34.6 Å². The molecule has 2 aromatic carbocycles. The molecule has 0 aliphatic heterocycles. The van der Waals surface area contributed by atoms with Crippen molar-refractivity contribution in [1.82, 2.24) is 9.21 Å². The number of benzene rings is 2. The number of carbonyl (C=O) groups excluding carboxylic acids is 2. The average molecular weight is 456 g/mol. The standard InChI is InChI=1S/C20H23ClFN3O4S/c1-5-25(6-2)30(28,29)14-8-10-18(22)16(12-14)19(26)23-13-7-9-15(17(21)11-13)20(27)24(3)4/h7-12H,5-6H2,1-4H3,(H,23,26). The lowest BCUT2D eigenvalue weighted by molar-refractivity contribution is 0.0827. The fourth-order valence-corrected chi connectivity index (χ4v) is 4.50. The minimum Gasteiger partial charge on any atom is -0.345 e. The van der Waals surface area contributed by atoms with Gasteiger partial charge >= 0.3 is 0 Å². The molecule has 2 rings (SSSR count). The van der Waals surface area contributed by atoms with Crippen molar-refractivity contribution in [2.75, 3.05) is 32.5 Å². The Labute approximate surface area is 180 Å². The third-order valence-electron chi connectivity index (χ3n) is 4.39. The first-order chi connectivity index (χ1) is 14.0. The molecule has 0 aromatic heterocycles. The zero-order chi connectivity index (χ0) is 22.6. The molecule has 0 fully saturated rings. The van der Waals surface area contributed by atoms with Crippen LogP contribution >= 0.6 is 11.6 Å². The maximum Gasteiger partial charge on any atom is 0.258 e. The minimum atomic E-state index is -3.85. The first-order valence-electron chi connectivity index (χ1n) is 9.15. The van der Waals surface area contributed by atoms with E-state index in [9.17, 15) is 22.4 Å². The van der Waals surface area contributed by atoms with Gasteiger partial charge in [-0.25, -0.2) is 12.8 Å². The second kappa shape index (κ2) is 9.55. The van der Waals surface area contributed by atoms with Crippen LogP contribution < -0.4 is 5.32 Å². The van der Waals surface area contributed by atoms with Crippen LogP contribution in [0.15, 0.2) is 41.3 Å². The van der Waals surface area contributed by atoms with E-state index in [0.29, 0.717) is 0 Å². The van der Waals surface area contributed by atoms with Gasteiger partial charge in [0.2, 0.25) is 10.0 Å². The molecular weight excluding hydrogens is 433 g/mol. The molecule has 0 atom stereocenters.